The van der Waals surface area contributed by atoms with Gasteiger partial charge in [-0.1, -0.05) is 0 Å². The molecule has 0 saturated heterocycles. The van der Waals surface area contributed by atoms with Crippen molar-refractivity contribution in [3.63, 3.8) is 0 Å². The number of carbonyl (C=O) groups excluding carboxylic acids is 1. The van der Waals surface area contributed by atoms with E-state index < -0.39 is 47.3 Å². The molecule has 0 bridgehead atoms. The predicted octanol–water partition coefficient (Wildman–Crippen LogP) is -2.13. The van der Waals surface area contributed by atoms with E-state index >= 15 is 0 Å². The molecule has 1 heterocycles. The topological polar surface area (TPSA) is 197 Å². The molecule has 126 valence electrons. The van der Waals surface area contributed by atoms with Crippen LogP contribution in [0.2, 0.25) is 0 Å². The number of carboxylic acids is 1. The summed E-state index contributed by atoms with van der Waals surface area (Å²) < 4.78 is 4.55. The van der Waals surface area contributed by atoms with E-state index in [1.54, 1.807) is 0 Å². The van der Waals surface area contributed by atoms with Crippen molar-refractivity contribution in [2.24, 2.45) is 11.5 Å². The second kappa shape index (κ2) is 6.48. The Hall–Kier alpha value is -1.88. The number of aliphatic carboxylic acids is 1. The van der Waals surface area contributed by atoms with Crippen molar-refractivity contribution < 1.29 is 39.9 Å². The number of ether oxygens (including phenoxy) is 1. The molecule has 1 aliphatic rings. The SMILES string of the molecule is NCCCCC(N)(C(=O)O)[C@@](O)(CO)[C@H]1OC(=O)C(O)=C1O. The molecule has 0 aromatic rings. The molecule has 0 saturated carbocycles. The lowest BCUT2D eigenvalue weighted by Gasteiger charge is -2.42. The number of nitrogens with two attached hydrogens (primary N) is 2. The summed E-state index contributed by atoms with van der Waals surface area (Å²) in [5.74, 6) is -5.29. The Labute approximate surface area is 125 Å². The average Bonchev–Trinajstić information content (AvgIpc) is 2.74. The smallest absolute Gasteiger partial charge is 0.378 e. The van der Waals surface area contributed by atoms with Crippen LogP contribution >= 0.6 is 0 Å². The zero-order valence-corrected chi connectivity index (χ0v) is 11.7. The summed E-state index contributed by atoms with van der Waals surface area (Å²) in [7, 11) is 0. The Morgan fingerprint density at radius 3 is 2.27 bits per heavy atom. The number of aliphatic hydroxyl groups excluding tert-OH is 3. The van der Waals surface area contributed by atoms with Crippen molar-refractivity contribution in [3.8, 4) is 0 Å². The number of esters is 1. The van der Waals surface area contributed by atoms with Gasteiger partial charge in [0, 0.05) is 0 Å². The molecule has 10 nitrogen and oxygen atoms in total. The van der Waals surface area contributed by atoms with Crippen LogP contribution in [0.4, 0.5) is 0 Å². The number of cyclic esters (lactones) is 1. The van der Waals surface area contributed by atoms with Gasteiger partial charge in [-0.05, 0) is 25.8 Å². The number of carboxylic acid groups (broad SMARTS) is 1. The van der Waals surface area contributed by atoms with Crippen LogP contribution in [0.25, 0.3) is 0 Å². The third kappa shape index (κ3) is 2.73. The number of unbranched alkanes of at least 4 members (excludes halogenated alkanes) is 1. The fourth-order valence-corrected chi connectivity index (χ4v) is 2.29. The van der Waals surface area contributed by atoms with Crippen LogP contribution in [0.15, 0.2) is 11.5 Å². The van der Waals surface area contributed by atoms with Gasteiger partial charge < -0.3 is 41.7 Å². The number of hydrogen-bond donors (Lipinski definition) is 7. The van der Waals surface area contributed by atoms with Crippen LogP contribution in [0.5, 0.6) is 0 Å². The first-order chi connectivity index (χ1) is 10.2. The lowest BCUT2D eigenvalue weighted by Crippen LogP contribution is -2.72. The minimum absolute atomic E-state index is 0.207. The van der Waals surface area contributed by atoms with E-state index in [1.165, 1.54) is 0 Å². The Morgan fingerprint density at radius 1 is 1.32 bits per heavy atom. The molecule has 3 atom stereocenters. The Balaban J connectivity index is 3.23. The van der Waals surface area contributed by atoms with Gasteiger partial charge in [0.05, 0.1) is 6.61 Å². The van der Waals surface area contributed by atoms with Gasteiger partial charge in [-0.3, -0.25) is 4.79 Å². The average molecular weight is 320 g/mol. The molecule has 22 heavy (non-hydrogen) atoms. The molecule has 0 radical (unpaired) electrons. The summed E-state index contributed by atoms with van der Waals surface area (Å²) in [5.41, 5.74) is 5.87. The summed E-state index contributed by atoms with van der Waals surface area (Å²) in [6, 6.07) is 0. The Morgan fingerprint density at radius 2 is 1.91 bits per heavy atom. The van der Waals surface area contributed by atoms with Crippen molar-refractivity contribution in [2.45, 2.75) is 36.5 Å². The van der Waals surface area contributed by atoms with E-state index in [4.69, 9.17) is 11.5 Å². The van der Waals surface area contributed by atoms with Gasteiger partial charge in [0.2, 0.25) is 5.76 Å². The van der Waals surface area contributed by atoms with Gasteiger partial charge >= 0.3 is 11.9 Å². The van der Waals surface area contributed by atoms with Crippen LogP contribution in [-0.4, -0.2) is 67.9 Å². The van der Waals surface area contributed by atoms with E-state index in [0.717, 1.165) is 0 Å². The molecule has 0 fully saturated rings. The summed E-state index contributed by atoms with van der Waals surface area (Å²) in [6.07, 6.45) is -1.69. The monoisotopic (exact) mass is 320 g/mol. The highest BCUT2D eigenvalue weighted by molar-refractivity contribution is 5.90. The largest absolute Gasteiger partial charge is 0.505 e. The first-order valence-corrected chi connectivity index (χ1v) is 6.54. The van der Waals surface area contributed by atoms with E-state index in [1.807, 2.05) is 0 Å². The number of hydrogen-bond acceptors (Lipinski definition) is 9. The molecule has 0 amide bonds. The molecular formula is C12H20N2O8. The van der Waals surface area contributed by atoms with Crippen LogP contribution in [0, 0.1) is 0 Å². The van der Waals surface area contributed by atoms with Gasteiger partial charge in [-0.25, -0.2) is 4.79 Å². The molecule has 0 spiro atoms. The quantitative estimate of drug-likeness (QED) is 0.191. The second-order valence-corrected chi connectivity index (χ2v) is 5.12. The zero-order valence-electron chi connectivity index (χ0n) is 11.7. The van der Waals surface area contributed by atoms with Gasteiger partial charge in [-0.15, -0.1) is 0 Å². The molecular weight excluding hydrogens is 300 g/mol. The highest BCUT2D eigenvalue weighted by atomic mass is 16.6. The van der Waals surface area contributed by atoms with Crippen LogP contribution in [-0.2, 0) is 14.3 Å². The van der Waals surface area contributed by atoms with Crippen molar-refractivity contribution in [3.05, 3.63) is 11.5 Å². The maximum atomic E-state index is 11.5. The van der Waals surface area contributed by atoms with Crippen molar-refractivity contribution in [1.82, 2.24) is 0 Å². The zero-order chi connectivity index (χ0) is 17.1. The summed E-state index contributed by atoms with van der Waals surface area (Å²) in [4.78, 5) is 22.7. The van der Waals surface area contributed by atoms with Crippen LogP contribution in [0.3, 0.4) is 0 Å². The van der Waals surface area contributed by atoms with Crippen molar-refractivity contribution in [2.75, 3.05) is 13.2 Å². The number of carbonyl (C=O) groups is 2. The van der Waals surface area contributed by atoms with Crippen molar-refractivity contribution >= 4 is 11.9 Å². The highest BCUT2D eigenvalue weighted by Crippen LogP contribution is 2.36. The van der Waals surface area contributed by atoms with Gasteiger partial charge in [0.25, 0.3) is 0 Å². The van der Waals surface area contributed by atoms with E-state index in [9.17, 15) is 35.1 Å². The lowest BCUT2D eigenvalue weighted by molar-refractivity contribution is -0.188. The fraction of sp³-hybridized carbons (Fsp3) is 0.667. The van der Waals surface area contributed by atoms with Gasteiger partial charge in [0.1, 0.15) is 5.54 Å². The molecule has 1 aliphatic heterocycles. The molecule has 10 heteroatoms. The third-order valence-corrected chi connectivity index (χ3v) is 3.76. The maximum absolute atomic E-state index is 11.5. The summed E-state index contributed by atoms with van der Waals surface area (Å²) in [6.45, 7) is -0.967. The molecule has 1 unspecified atom stereocenters. The second-order valence-electron chi connectivity index (χ2n) is 5.12. The molecule has 0 aromatic carbocycles. The Kier molecular flexibility index (Phi) is 5.35. The Bertz CT molecular complexity index is 494. The number of rotatable bonds is 8. The van der Waals surface area contributed by atoms with Crippen LogP contribution in [0.1, 0.15) is 19.3 Å². The van der Waals surface area contributed by atoms with Gasteiger partial charge in [0.15, 0.2) is 17.5 Å². The molecule has 0 aromatic heterocycles. The maximum Gasteiger partial charge on any atom is 0.378 e. The van der Waals surface area contributed by atoms with Crippen molar-refractivity contribution in [1.29, 1.82) is 0 Å². The van der Waals surface area contributed by atoms with E-state index in [-0.39, 0.29) is 19.4 Å². The summed E-state index contributed by atoms with van der Waals surface area (Å²) in [5, 5.41) is 48.3. The normalized spacial score (nSPS) is 23.8. The predicted molar refractivity (Wildman–Crippen MR) is 71.7 cm³/mol. The lowest BCUT2D eigenvalue weighted by atomic mass is 9.73. The number of aliphatic hydroxyl groups is 4. The summed E-state index contributed by atoms with van der Waals surface area (Å²) >= 11 is 0. The van der Waals surface area contributed by atoms with E-state index in [2.05, 4.69) is 4.74 Å². The first kappa shape index (κ1) is 18.2. The standard InChI is InChI=1S/C12H20N2O8/c13-4-2-1-3-11(14,10(19)20)12(21,5-15)8-6(16)7(17)9(18)22-8/h8,15-17,21H,1-5,13-14H2,(H,19,20)/t8-,11?,12+/m0/s1. The fourth-order valence-electron chi connectivity index (χ4n) is 2.29. The minimum atomic E-state index is -2.74. The highest BCUT2D eigenvalue weighted by Gasteiger charge is 2.62. The molecule has 0 aliphatic carbocycles. The minimum Gasteiger partial charge on any atom is -0.505 e. The molecule has 9 N–H and O–H groups in total. The van der Waals surface area contributed by atoms with Gasteiger partial charge in [-0.2, -0.15) is 0 Å². The third-order valence-electron chi connectivity index (χ3n) is 3.76. The van der Waals surface area contributed by atoms with E-state index in [0.29, 0.717) is 6.42 Å². The van der Waals surface area contributed by atoms with Crippen LogP contribution < -0.4 is 11.5 Å². The molecule has 1 rings (SSSR count). The first-order valence-electron chi connectivity index (χ1n) is 6.54.